The van der Waals surface area contributed by atoms with E-state index in [1.807, 2.05) is 6.07 Å². The number of thiophene rings is 1. The first-order chi connectivity index (χ1) is 8.79. The van der Waals surface area contributed by atoms with Crippen molar-refractivity contribution < 1.29 is 8.42 Å². The van der Waals surface area contributed by atoms with Crippen LogP contribution in [-0.2, 0) is 9.84 Å². The van der Waals surface area contributed by atoms with E-state index in [1.54, 1.807) is 11.3 Å². The SMILES string of the molecule is CS(=O)(=O)C1CCCC(C(N)c2cc(Br)sc2Br)C1. The van der Waals surface area contributed by atoms with E-state index in [4.69, 9.17) is 5.73 Å². The van der Waals surface area contributed by atoms with Gasteiger partial charge in [0.2, 0.25) is 0 Å². The Morgan fingerprint density at radius 1 is 1.42 bits per heavy atom. The quantitative estimate of drug-likeness (QED) is 0.791. The monoisotopic (exact) mass is 429 g/mol. The average Bonchev–Trinajstić information content (AvgIpc) is 2.66. The standard InChI is InChI=1S/C12H17Br2NO2S2/c1-19(16,17)8-4-2-3-7(5-8)11(15)9-6-10(13)18-12(9)14/h6-8,11H,2-5,15H2,1H3. The lowest BCUT2D eigenvalue weighted by atomic mass is 9.82. The molecule has 0 aliphatic heterocycles. The maximum absolute atomic E-state index is 11.7. The Balaban J connectivity index is 2.15. The molecule has 19 heavy (non-hydrogen) atoms. The minimum atomic E-state index is -2.95. The summed E-state index contributed by atoms with van der Waals surface area (Å²) in [4.78, 5) is 0. The van der Waals surface area contributed by atoms with Crippen molar-refractivity contribution in [3.63, 3.8) is 0 Å². The highest BCUT2D eigenvalue weighted by molar-refractivity contribution is 9.12. The molecule has 0 aromatic carbocycles. The molecule has 0 spiro atoms. The second-order valence-electron chi connectivity index (χ2n) is 5.18. The Hall–Kier alpha value is 0.570. The zero-order valence-corrected chi connectivity index (χ0v) is 15.4. The van der Waals surface area contributed by atoms with Crippen LogP contribution in [0.5, 0.6) is 0 Å². The molecule has 108 valence electrons. The van der Waals surface area contributed by atoms with Gasteiger partial charge in [0.25, 0.3) is 0 Å². The van der Waals surface area contributed by atoms with Crippen LogP contribution < -0.4 is 5.73 Å². The number of hydrogen-bond donors (Lipinski definition) is 1. The molecule has 0 saturated heterocycles. The van der Waals surface area contributed by atoms with Gasteiger partial charge in [-0.25, -0.2) is 8.42 Å². The summed E-state index contributed by atoms with van der Waals surface area (Å²) in [6.07, 6.45) is 4.74. The molecule has 1 fully saturated rings. The number of halogens is 2. The van der Waals surface area contributed by atoms with Crippen molar-refractivity contribution in [1.82, 2.24) is 0 Å². The summed E-state index contributed by atoms with van der Waals surface area (Å²) in [6.45, 7) is 0. The molecule has 2 N–H and O–H groups in total. The van der Waals surface area contributed by atoms with Crippen molar-refractivity contribution in [2.45, 2.75) is 37.0 Å². The van der Waals surface area contributed by atoms with Gasteiger partial charge in [0.15, 0.2) is 0 Å². The minimum Gasteiger partial charge on any atom is -0.324 e. The van der Waals surface area contributed by atoms with Crippen LogP contribution in [-0.4, -0.2) is 19.9 Å². The van der Waals surface area contributed by atoms with Gasteiger partial charge in [-0.05, 0) is 68.7 Å². The average molecular weight is 431 g/mol. The first kappa shape index (κ1) is 15.9. The molecule has 0 bridgehead atoms. The number of hydrogen-bond acceptors (Lipinski definition) is 4. The van der Waals surface area contributed by atoms with Crippen molar-refractivity contribution in [2.75, 3.05) is 6.26 Å². The Kier molecular flexibility index (Phi) is 5.15. The summed E-state index contributed by atoms with van der Waals surface area (Å²) in [6, 6.07) is 1.94. The predicted octanol–water partition coefficient (Wildman–Crippen LogP) is 3.88. The molecule has 3 unspecified atom stereocenters. The highest BCUT2D eigenvalue weighted by Crippen LogP contribution is 2.41. The van der Waals surface area contributed by atoms with Gasteiger partial charge in [-0.1, -0.05) is 6.42 Å². The van der Waals surface area contributed by atoms with Crippen LogP contribution in [0, 0.1) is 5.92 Å². The van der Waals surface area contributed by atoms with Crippen LogP contribution >= 0.6 is 43.2 Å². The van der Waals surface area contributed by atoms with E-state index in [-0.39, 0.29) is 17.2 Å². The van der Waals surface area contributed by atoms with Crippen LogP contribution in [0.4, 0.5) is 0 Å². The Morgan fingerprint density at radius 3 is 2.63 bits per heavy atom. The lowest BCUT2D eigenvalue weighted by molar-refractivity contribution is 0.309. The van der Waals surface area contributed by atoms with Crippen molar-refractivity contribution in [3.05, 3.63) is 19.2 Å². The van der Waals surface area contributed by atoms with E-state index in [9.17, 15) is 8.42 Å². The molecular weight excluding hydrogens is 414 g/mol. The van der Waals surface area contributed by atoms with E-state index >= 15 is 0 Å². The normalized spacial score (nSPS) is 26.3. The van der Waals surface area contributed by atoms with E-state index < -0.39 is 9.84 Å². The molecular formula is C12H17Br2NO2S2. The van der Waals surface area contributed by atoms with Crippen molar-refractivity contribution in [3.8, 4) is 0 Å². The molecule has 2 rings (SSSR count). The fraction of sp³-hybridized carbons (Fsp3) is 0.667. The molecule has 1 aromatic heterocycles. The Labute approximate surface area is 135 Å². The zero-order valence-electron chi connectivity index (χ0n) is 10.6. The highest BCUT2D eigenvalue weighted by atomic mass is 79.9. The van der Waals surface area contributed by atoms with E-state index in [0.717, 1.165) is 32.4 Å². The van der Waals surface area contributed by atoms with Gasteiger partial charge in [0.1, 0.15) is 9.84 Å². The number of sulfone groups is 1. The van der Waals surface area contributed by atoms with Crippen LogP contribution in [0.3, 0.4) is 0 Å². The van der Waals surface area contributed by atoms with Gasteiger partial charge >= 0.3 is 0 Å². The van der Waals surface area contributed by atoms with E-state index in [0.29, 0.717) is 6.42 Å². The van der Waals surface area contributed by atoms with Crippen molar-refractivity contribution in [1.29, 1.82) is 0 Å². The summed E-state index contributed by atoms with van der Waals surface area (Å²) >= 11 is 8.59. The fourth-order valence-corrected chi connectivity index (χ4v) is 6.88. The van der Waals surface area contributed by atoms with E-state index in [2.05, 4.69) is 31.9 Å². The fourth-order valence-electron chi connectivity index (χ4n) is 2.73. The topological polar surface area (TPSA) is 60.2 Å². The van der Waals surface area contributed by atoms with Gasteiger partial charge in [0, 0.05) is 12.3 Å². The summed E-state index contributed by atoms with van der Waals surface area (Å²) in [5.41, 5.74) is 7.43. The molecule has 0 amide bonds. The summed E-state index contributed by atoms with van der Waals surface area (Å²) < 4.78 is 25.5. The second kappa shape index (κ2) is 6.13. The molecule has 1 heterocycles. The number of rotatable bonds is 3. The maximum atomic E-state index is 11.7. The minimum absolute atomic E-state index is 0.0959. The van der Waals surface area contributed by atoms with Gasteiger partial charge in [-0.3, -0.25) is 0 Å². The van der Waals surface area contributed by atoms with Crippen LogP contribution in [0.15, 0.2) is 13.6 Å². The van der Waals surface area contributed by atoms with Gasteiger partial charge in [-0.2, -0.15) is 0 Å². The maximum Gasteiger partial charge on any atom is 0.150 e. The van der Waals surface area contributed by atoms with Crippen LogP contribution in [0.25, 0.3) is 0 Å². The van der Waals surface area contributed by atoms with Gasteiger partial charge in [0.05, 0.1) is 12.8 Å². The van der Waals surface area contributed by atoms with Crippen LogP contribution in [0.1, 0.15) is 37.3 Å². The van der Waals surface area contributed by atoms with Crippen molar-refractivity contribution in [2.24, 2.45) is 11.7 Å². The van der Waals surface area contributed by atoms with E-state index in [1.165, 1.54) is 6.26 Å². The van der Waals surface area contributed by atoms with Gasteiger partial charge < -0.3 is 5.73 Å². The first-order valence-corrected chi connectivity index (χ1v) is 10.5. The molecule has 7 heteroatoms. The van der Waals surface area contributed by atoms with Crippen LogP contribution in [0.2, 0.25) is 0 Å². The third kappa shape index (κ3) is 3.81. The Bertz CT molecular complexity index is 556. The third-order valence-corrected chi connectivity index (χ3v) is 7.85. The summed E-state index contributed by atoms with van der Waals surface area (Å²) in [5.74, 6) is 0.242. The molecule has 1 aliphatic carbocycles. The molecule has 3 nitrogen and oxygen atoms in total. The second-order valence-corrected chi connectivity index (χ2v) is 11.3. The molecule has 1 saturated carbocycles. The lowest BCUT2D eigenvalue weighted by Gasteiger charge is -2.32. The molecule has 1 aromatic rings. The third-order valence-electron chi connectivity index (χ3n) is 3.82. The molecule has 3 atom stereocenters. The van der Waals surface area contributed by atoms with Crippen molar-refractivity contribution >= 4 is 53.0 Å². The predicted molar refractivity (Wildman–Crippen MR) is 87.2 cm³/mol. The Morgan fingerprint density at radius 2 is 2.11 bits per heavy atom. The largest absolute Gasteiger partial charge is 0.324 e. The zero-order chi connectivity index (χ0) is 14.2. The van der Waals surface area contributed by atoms with Gasteiger partial charge in [-0.15, -0.1) is 11.3 Å². The molecule has 0 radical (unpaired) electrons. The first-order valence-electron chi connectivity index (χ1n) is 6.18. The smallest absolute Gasteiger partial charge is 0.150 e. The highest BCUT2D eigenvalue weighted by Gasteiger charge is 2.33. The molecule has 1 aliphatic rings. The summed E-state index contributed by atoms with van der Waals surface area (Å²) in [5, 5.41) is -0.224. The lowest BCUT2D eigenvalue weighted by Crippen LogP contribution is -2.32. The number of nitrogens with two attached hydrogens (primary N) is 1. The summed E-state index contributed by atoms with van der Waals surface area (Å²) in [7, 11) is -2.95.